The Labute approximate surface area is 105 Å². The van der Waals surface area contributed by atoms with E-state index in [4.69, 9.17) is 0 Å². The van der Waals surface area contributed by atoms with E-state index in [9.17, 15) is 4.79 Å². The second-order valence-electron chi connectivity index (χ2n) is 4.97. The van der Waals surface area contributed by atoms with Gasteiger partial charge in [-0.15, -0.1) is 11.3 Å². The molecular formula is C12H17N3OS. The van der Waals surface area contributed by atoms with E-state index in [2.05, 4.69) is 22.5 Å². The Morgan fingerprint density at radius 1 is 1.47 bits per heavy atom. The van der Waals surface area contributed by atoms with Crippen LogP contribution < -0.4 is 10.6 Å². The molecule has 0 radical (unpaired) electrons. The zero-order chi connectivity index (χ0) is 11.8. The Hall–Kier alpha value is -0.940. The number of fused-ring (bicyclic) bond motifs is 1. The van der Waals surface area contributed by atoms with E-state index in [1.165, 1.54) is 17.0 Å². The summed E-state index contributed by atoms with van der Waals surface area (Å²) in [7, 11) is 0. The third-order valence-corrected chi connectivity index (χ3v) is 4.75. The molecule has 2 atom stereocenters. The van der Waals surface area contributed by atoms with Crippen LogP contribution in [-0.2, 0) is 17.6 Å². The molecule has 2 aliphatic rings. The standard InChI is InChI=1S/C12H17N3OS/c1-7-5-13-6-8(7)11(16)15-12-14-9-3-2-4-10(9)17-12/h7-8,13H,2-6H2,1H3,(H,14,15,16). The summed E-state index contributed by atoms with van der Waals surface area (Å²) in [6.45, 7) is 3.84. The molecule has 0 saturated carbocycles. The first-order valence-corrected chi connectivity index (χ1v) is 7.06. The topological polar surface area (TPSA) is 54.0 Å². The van der Waals surface area contributed by atoms with Crippen molar-refractivity contribution in [2.75, 3.05) is 18.4 Å². The predicted molar refractivity (Wildman–Crippen MR) is 68.3 cm³/mol. The van der Waals surface area contributed by atoms with E-state index in [1.807, 2.05) is 0 Å². The second-order valence-corrected chi connectivity index (χ2v) is 6.06. The van der Waals surface area contributed by atoms with E-state index in [1.54, 1.807) is 11.3 Å². The van der Waals surface area contributed by atoms with E-state index in [0.717, 1.165) is 31.1 Å². The summed E-state index contributed by atoms with van der Waals surface area (Å²) in [5, 5.41) is 7.01. The summed E-state index contributed by atoms with van der Waals surface area (Å²) in [6.07, 6.45) is 3.42. The number of thiazole rings is 1. The Morgan fingerprint density at radius 2 is 2.35 bits per heavy atom. The summed E-state index contributed by atoms with van der Waals surface area (Å²) >= 11 is 1.65. The number of amides is 1. The van der Waals surface area contributed by atoms with Crippen molar-refractivity contribution in [3.8, 4) is 0 Å². The lowest BCUT2D eigenvalue weighted by Crippen LogP contribution is -2.27. The molecule has 4 nitrogen and oxygen atoms in total. The van der Waals surface area contributed by atoms with Crippen molar-refractivity contribution < 1.29 is 4.79 Å². The van der Waals surface area contributed by atoms with Gasteiger partial charge in [-0.05, 0) is 31.7 Å². The van der Waals surface area contributed by atoms with Gasteiger partial charge in [-0.2, -0.15) is 0 Å². The molecule has 2 heterocycles. The highest BCUT2D eigenvalue weighted by molar-refractivity contribution is 7.15. The summed E-state index contributed by atoms with van der Waals surface area (Å²) in [5.41, 5.74) is 1.20. The maximum absolute atomic E-state index is 12.1. The number of carbonyl (C=O) groups is 1. The molecule has 1 aromatic heterocycles. The average Bonchev–Trinajstić information content (AvgIpc) is 2.92. The fraction of sp³-hybridized carbons (Fsp3) is 0.667. The summed E-state index contributed by atoms with van der Waals surface area (Å²) in [4.78, 5) is 17.9. The lowest BCUT2D eigenvalue weighted by Gasteiger charge is -2.12. The number of anilines is 1. The van der Waals surface area contributed by atoms with Gasteiger partial charge in [-0.25, -0.2) is 4.98 Å². The van der Waals surface area contributed by atoms with Gasteiger partial charge in [-0.3, -0.25) is 4.79 Å². The van der Waals surface area contributed by atoms with Crippen LogP contribution in [0.3, 0.4) is 0 Å². The van der Waals surface area contributed by atoms with Gasteiger partial charge in [0.15, 0.2) is 5.13 Å². The highest BCUT2D eigenvalue weighted by atomic mass is 32.1. The van der Waals surface area contributed by atoms with Gasteiger partial charge in [0.2, 0.25) is 5.91 Å². The first kappa shape index (κ1) is 11.2. The number of rotatable bonds is 2. The van der Waals surface area contributed by atoms with Crippen LogP contribution >= 0.6 is 11.3 Å². The number of carbonyl (C=O) groups excluding carboxylic acids is 1. The van der Waals surface area contributed by atoms with Crippen molar-refractivity contribution >= 4 is 22.4 Å². The molecule has 1 fully saturated rings. The molecule has 1 aromatic rings. The quantitative estimate of drug-likeness (QED) is 0.836. The molecule has 0 bridgehead atoms. The van der Waals surface area contributed by atoms with Gasteiger partial charge < -0.3 is 10.6 Å². The minimum atomic E-state index is 0.0914. The molecule has 5 heteroatoms. The summed E-state index contributed by atoms with van der Waals surface area (Å²) in [6, 6.07) is 0. The number of nitrogens with zero attached hydrogens (tertiary/aromatic N) is 1. The molecule has 2 N–H and O–H groups in total. The third-order valence-electron chi connectivity index (χ3n) is 3.68. The van der Waals surface area contributed by atoms with Crippen molar-refractivity contribution in [1.82, 2.24) is 10.3 Å². The first-order chi connectivity index (χ1) is 8.24. The first-order valence-electron chi connectivity index (χ1n) is 6.24. The van der Waals surface area contributed by atoms with Crippen molar-refractivity contribution in [3.63, 3.8) is 0 Å². The molecule has 92 valence electrons. The van der Waals surface area contributed by atoms with Gasteiger partial charge in [0.05, 0.1) is 11.6 Å². The van der Waals surface area contributed by atoms with E-state index in [-0.39, 0.29) is 11.8 Å². The number of hydrogen-bond donors (Lipinski definition) is 2. The van der Waals surface area contributed by atoms with Crippen molar-refractivity contribution in [3.05, 3.63) is 10.6 Å². The van der Waals surface area contributed by atoms with E-state index in [0.29, 0.717) is 5.92 Å². The maximum atomic E-state index is 12.1. The van der Waals surface area contributed by atoms with Crippen LogP contribution in [0.5, 0.6) is 0 Å². The molecule has 1 amide bonds. The smallest absolute Gasteiger partial charge is 0.230 e. The van der Waals surface area contributed by atoms with Crippen LogP contribution in [-0.4, -0.2) is 24.0 Å². The molecule has 0 aromatic carbocycles. The van der Waals surface area contributed by atoms with Gasteiger partial charge >= 0.3 is 0 Å². The molecule has 3 rings (SSSR count). The van der Waals surface area contributed by atoms with Crippen LogP contribution in [0.4, 0.5) is 5.13 Å². The summed E-state index contributed by atoms with van der Waals surface area (Å²) in [5.74, 6) is 0.630. The molecular weight excluding hydrogens is 234 g/mol. The maximum Gasteiger partial charge on any atom is 0.230 e. The van der Waals surface area contributed by atoms with Gasteiger partial charge in [0, 0.05) is 11.4 Å². The number of nitrogens with one attached hydrogen (secondary N) is 2. The number of aryl methyl sites for hydroxylation is 2. The Morgan fingerprint density at radius 3 is 3.06 bits per heavy atom. The molecule has 1 saturated heterocycles. The van der Waals surface area contributed by atoms with Crippen LogP contribution in [0.1, 0.15) is 23.9 Å². The molecule has 1 aliphatic heterocycles. The van der Waals surface area contributed by atoms with Crippen LogP contribution in [0, 0.1) is 11.8 Å². The monoisotopic (exact) mass is 251 g/mol. The number of hydrogen-bond acceptors (Lipinski definition) is 4. The van der Waals surface area contributed by atoms with E-state index >= 15 is 0 Å². The van der Waals surface area contributed by atoms with Crippen molar-refractivity contribution in [2.45, 2.75) is 26.2 Å². The predicted octanol–water partition coefficient (Wildman–Crippen LogP) is 1.43. The zero-order valence-corrected chi connectivity index (χ0v) is 10.8. The largest absolute Gasteiger partial charge is 0.316 e. The minimum absolute atomic E-state index is 0.0914. The van der Waals surface area contributed by atoms with Gasteiger partial charge in [0.1, 0.15) is 0 Å². The van der Waals surface area contributed by atoms with Crippen LogP contribution in [0.2, 0.25) is 0 Å². The SMILES string of the molecule is CC1CNCC1C(=O)Nc1nc2c(s1)CCC2. The summed E-state index contributed by atoms with van der Waals surface area (Å²) < 4.78 is 0. The highest BCUT2D eigenvalue weighted by Crippen LogP contribution is 2.31. The van der Waals surface area contributed by atoms with Gasteiger partial charge in [-0.1, -0.05) is 6.92 Å². The second kappa shape index (κ2) is 4.38. The minimum Gasteiger partial charge on any atom is -0.316 e. The third kappa shape index (κ3) is 2.09. The lowest BCUT2D eigenvalue weighted by atomic mass is 9.97. The lowest BCUT2D eigenvalue weighted by molar-refractivity contribution is -0.120. The molecule has 0 spiro atoms. The Balaban J connectivity index is 1.68. The fourth-order valence-electron chi connectivity index (χ4n) is 2.60. The van der Waals surface area contributed by atoms with Crippen LogP contribution in [0.25, 0.3) is 0 Å². The van der Waals surface area contributed by atoms with Crippen molar-refractivity contribution in [1.29, 1.82) is 0 Å². The van der Waals surface area contributed by atoms with Crippen molar-refractivity contribution in [2.24, 2.45) is 11.8 Å². The molecule has 17 heavy (non-hydrogen) atoms. The van der Waals surface area contributed by atoms with Crippen LogP contribution in [0.15, 0.2) is 0 Å². The molecule has 1 aliphatic carbocycles. The van der Waals surface area contributed by atoms with Gasteiger partial charge in [0.25, 0.3) is 0 Å². The fourth-order valence-corrected chi connectivity index (χ4v) is 3.66. The van der Waals surface area contributed by atoms with E-state index < -0.39 is 0 Å². The number of aromatic nitrogens is 1. The average molecular weight is 251 g/mol. The molecule has 2 unspecified atom stereocenters. The normalized spacial score (nSPS) is 27.1. The highest BCUT2D eigenvalue weighted by Gasteiger charge is 2.30. The Kier molecular flexibility index (Phi) is 2.88. The zero-order valence-electron chi connectivity index (χ0n) is 9.95. The Bertz CT molecular complexity index is 421.